The molecule has 90 valence electrons. The molecule has 5 nitrogen and oxygen atoms in total. The number of benzene rings is 1. The quantitative estimate of drug-likeness (QED) is 0.677. The molecule has 0 unspecified atom stereocenters. The molecule has 1 N–H and O–H groups in total. The summed E-state index contributed by atoms with van der Waals surface area (Å²) in [7, 11) is 0. The highest BCUT2D eigenvalue weighted by atomic mass is 35.5. The Kier molecular flexibility index (Phi) is 3.98. The molecule has 0 aliphatic rings. The van der Waals surface area contributed by atoms with Gasteiger partial charge in [-0.15, -0.1) is 0 Å². The van der Waals surface area contributed by atoms with Crippen molar-refractivity contribution in [2.75, 3.05) is 0 Å². The van der Waals surface area contributed by atoms with E-state index in [-0.39, 0.29) is 5.69 Å². The number of halogens is 1. The molecule has 0 bridgehead atoms. The van der Waals surface area contributed by atoms with Crippen LogP contribution in [0.1, 0.15) is 16.1 Å². The SMILES string of the molecule is O=C(N/N=C/c1ccccc1Cl)c1cnccn1. The highest BCUT2D eigenvalue weighted by Gasteiger charge is 2.04. The molecule has 0 fully saturated rings. The molecule has 0 aliphatic carbocycles. The lowest BCUT2D eigenvalue weighted by molar-refractivity contribution is 0.0950. The smallest absolute Gasteiger partial charge is 0.265 e. The van der Waals surface area contributed by atoms with Crippen molar-refractivity contribution < 1.29 is 4.79 Å². The highest BCUT2D eigenvalue weighted by molar-refractivity contribution is 6.33. The van der Waals surface area contributed by atoms with Crippen molar-refractivity contribution in [3.8, 4) is 0 Å². The number of hydrazone groups is 1. The molecular formula is C12H9ClN4O. The number of aromatic nitrogens is 2. The predicted octanol–water partition coefficient (Wildman–Crippen LogP) is 1.89. The Morgan fingerprint density at radius 1 is 1.33 bits per heavy atom. The molecule has 2 aromatic rings. The lowest BCUT2D eigenvalue weighted by atomic mass is 10.2. The van der Waals surface area contributed by atoms with Gasteiger partial charge in [-0.25, -0.2) is 10.4 Å². The van der Waals surface area contributed by atoms with Crippen molar-refractivity contribution in [1.82, 2.24) is 15.4 Å². The van der Waals surface area contributed by atoms with Gasteiger partial charge in [0.05, 0.1) is 12.4 Å². The second-order valence-corrected chi connectivity index (χ2v) is 3.72. The molecule has 1 aromatic carbocycles. The zero-order chi connectivity index (χ0) is 12.8. The summed E-state index contributed by atoms with van der Waals surface area (Å²) >= 11 is 5.93. The van der Waals surface area contributed by atoms with Crippen LogP contribution in [-0.4, -0.2) is 22.1 Å². The van der Waals surface area contributed by atoms with Gasteiger partial charge in [-0.3, -0.25) is 9.78 Å². The molecule has 0 saturated carbocycles. The van der Waals surface area contributed by atoms with Gasteiger partial charge in [0.25, 0.3) is 5.91 Å². The van der Waals surface area contributed by atoms with Crippen LogP contribution >= 0.6 is 11.6 Å². The van der Waals surface area contributed by atoms with Gasteiger partial charge in [0, 0.05) is 23.0 Å². The summed E-state index contributed by atoms with van der Waals surface area (Å²) in [6, 6.07) is 7.18. The normalized spacial score (nSPS) is 10.5. The van der Waals surface area contributed by atoms with Gasteiger partial charge in [0.1, 0.15) is 5.69 Å². The Hall–Kier alpha value is -2.27. The topological polar surface area (TPSA) is 67.2 Å². The third-order valence-electron chi connectivity index (χ3n) is 2.07. The average Bonchev–Trinajstić information content (AvgIpc) is 2.42. The van der Waals surface area contributed by atoms with Gasteiger partial charge >= 0.3 is 0 Å². The monoisotopic (exact) mass is 260 g/mol. The lowest BCUT2D eigenvalue weighted by Crippen LogP contribution is -2.19. The molecule has 0 saturated heterocycles. The second kappa shape index (κ2) is 5.88. The van der Waals surface area contributed by atoms with Gasteiger partial charge in [-0.1, -0.05) is 29.8 Å². The molecule has 0 atom stereocenters. The van der Waals surface area contributed by atoms with E-state index in [0.29, 0.717) is 5.02 Å². The van der Waals surface area contributed by atoms with Crippen LogP contribution in [0.4, 0.5) is 0 Å². The first-order chi connectivity index (χ1) is 8.77. The van der Waals surface area contributed by atoms with E-state index in [1.807, 2.05) is 12.1 Å². The minimum absolute atomic E-state index is 0.203. The number of hydrogen-bond donors (Lipinski definition) is 1. The van der Waals surface area contributed by atoms with Crippen LogP contribution in [0.5, 0.6) is 0 Å². The van der Waals surface area contributed by atoms with E-state index in [4.69, 9.17) is 11.6 Å². The first-order valence-corrected chi connectivity index (χ1v) is 5.49. The summed E-state index contributed by atoms with van der Waals surface area (Å²) in [6.45, 7) is 0. The minimum Gasteiger partial charge on any atom is -0.265 e. The van der Waals surface area contributed by atoms with Crippen molar-refractivity contribution in [2.45, 2.75) is 0 Å². The van der Waals surface area contributed by atoms with Gasteiger partial charge in [-0.05, 0) is 6.07 Å². The summed E-state index contributed by atoms with van der Waals surface area (Å²) < 4.78 is 0. The Labute approximate surface area is 109 Å². The number of nitrogens with zero attached hydrogens (tertiary/aromatic N) is 3. The zero-order valence-corrected chi connectivity index (χ0v) is 10.0. The fourth-order valence-electron chi connectivity index (χ4n) is 1.21. The Morgan fingerprint density at radius 3 is 2.89 bits per heavy atom. The van der Waals surface area contributed by atoms with E-state index in [2.05, 4.69) is 20.5 Å². The molecule has 1 heterocycles. The molecule has 0 radical (unpaired) electrons. The fraction of sp³-hybridized carbons (Fsp3) is 0. The third-order valence-corrected chi connectivity index (χ3v) is 2.41. The summed E-state index contributed by atoms with van der Waals surface area (Å²) in [6.07, 6.45) is 5.76. The maximum atomic E-state index is 11.6. The molecule has 0 aliphatic heterocycles. The highest BCUT2D eigenvalue weighted by Crippen LogP contribution is 2.11. The first kappa shape index (κ1) is 12.2. The number of amides is 1. The van der Waals surface area contributed by atoms with E-state index < -0.39 is 5.91 Å². The number of rotatable bonds is 3. The van der Waals surface area contributed by atoms with Gasteiger partial charge in [-0.2, -0.15) is 5.10 Å². The van der Waals surface area contributed by atoms with Crippen LogP contribution in [0.3, 0.4) is 0 Å². The largest absolute Gasteiger partial charge is 0.291 e. The van der Waals surface area contributed by atoms with Gasteiger partial charge in [0.15, 0.2) is 0 Å². The maximum Gasteiger partial charge on any atom is 0.291 e. The molecule has 0 spiro atoms. The molecule has 1 amide bonds. The number of nitrogens with one attached hydrogen (secondary N) is 1. The van der Waals surface area contributed by atoms with Crippen LogP contribution in [0.15, 0.2) is 48.0 Å². The third kappa shape index (κ3) is 3.11. The number of carbonyl (C=O) groups excluding carboxylic acids is 1. The van der Waals surface area contributed by atoms with Crippen molar-refractivity contribution in [3.63, 3.8) is 0 Å². The minimum atomic E-state index is -0.425. The Bertz CT molecular complexity index is 571. The van der Waals surface area contributed by atoms with Gasteiger partial charge in [0.2, 0.25) is 0 Å². The van der Waals surface area contributed by atoms with Crippen molar-refractivity contribution in [2.24, 2.45) is 5.10 Å². The Balaban J connectivity index is 2.00. The summed E-state index contributed by atoms with van der Waals surface area (Å²) in [5.41, 5.74) is 3.27. The fourth-order valence-corrected chi connectivity index (χ4v) is 1.40. The molecular weight excluding hydrogens is 252 g/mol. The lowest BCUT2D eigenvalue weighted by Gasteiger charge is -1.98. The average molecular weight is 261 g/mol. The van der Waals surface area contributed by atoms with Crippen LogP contribution < -0.4 is 5.43 Å². The molecule has 6 heteroatoms. The van der Waals surface area contributed by atoms with Crippen LogP contribution in [0, 0.1) is 0 Å². The van der Waals surface area contributed by atoms with Crippen LogP contribution in [0.25, 0.3) is 0 Å². The van der Waals surface area contributed by atoms with Crippen molar-refractivity contribution >= 4 is 23.7 Å². The standard InChI is InChI=1S/C12H9ClN4O/c13-10-4-2-1-3-9(10)7-16-17-12(18)11-8-14-5-6-15-11/h1-8H,(H,17,18)/b16-7+. The maximum absolute atomic E-state index is 11.6. The molecule has 2 rings (SSSR count). The van der Waals surface area contributed by atoms with Crippen LogP contribution in [0.2, 0.25) is 5.02 Å². The Morgan fingerprint density at radius 2 is 2.17 bits per heavy atom. The second-order valence-electron chi connectivity index (χ2n) is 3.31. The van der Waals surface area contributed by atoms with Gasteiger partial charge < -0.3 is 0 Å². The van der Waals surface area contributed by atoms with E-state index in [9.17, 15) is 4.79 Å². The molecule has 18 heavy (non-hydrogen) atoms. The zero-order valence-electron chi connectivity index (χ0n) is 9.25. The van der Waals surface area contributed by atoms with Crippen molar-refractivity contribution in [1.29, 1.82) is 0 Å². The first-order valence-electron chi connectivity index (χ1n) is 5.11. The number of hydrogen-bond acceptors (Lipinski definition) is 4. The predicted molar refractivity (Wildman–Crippen MR) is 68.5 cm³/mol. The van der Waals surface area contributed by atoms with Crippen LogP contribution in [-0.2, 0) is 0 Å². The molecule has 1 aromatic heterocycles. The van der Waals surface area contributed by atoms with E-state index >= 15 is 0 Å². The van der Waals surface area contributed by atoms with E-state index in [1.54, 1.807) is 12.1 Å². The van der Waals surface area contributed by atoms with Crippen molar-refractivity contribution in [3.05, 3.63) is 59.1 Å². The number of carbonyl (C=O) groups is 1. The summed E-state index contributed by atoms with van der Waals surface area (Å²) in [5.74, 6) is -0.425. The van der Waals surface area contributed by atoms with E-state index in [1.165, 1.54) is 24.8 Å². The summed E-state index contributed by atoms with van der Waals surface area (Å²) in [4.78, 5) is 19.2. The van der Waals surface area contributed by atoms with E-state index in [0.717, 1.165) is 5.56 Å². The summed E-state index contributed by atoms with van der Waals surface area (Å²) in [5, 5.41) is 4.37.